The van der Waals surface area contributed by atoms with Crippen LogP contribution in [0.1, 0.15) is 5.56 Å². The number of rotatable bonds is 7. The lowest BCUT2D eigenvalue weighted by Gasteiger charge is -2.10. The molecule has 0 spiro atoms. The van der Waals surface area contributed by atoms with Crippen LogP contribution >= 0.6 is 0 Å². The van der Waals surface area contributed by atoms with Gasteiger partial charge in [-0.05, 0) is 48.9 Å². The Morgan fingerprint density at radius 1 is 0.920 bits per heavy atom. The molecule has 3 N–H and O–H groups in total. The zero-order valence-corrected chi connectivity index (χ0v) is 13.9. The molecule has 0 saturated heterocycles. The van der Waals surface area contributed by atoms with Gasteiger partial charge in [-0.2, -0.15) is 0 Å². The largest absolute Gasteiger partial charge is 0.491 e. The van der Waals surface area contributed by atoms with Gasteiger partial charge in [-0.25, -0.2) is 9.97 Å². The molecule has 128 valence electrons. The van der Waals surface area contributed by atoms with E-state index >= 15 is 0 Å². The number of benzene rings is 2. The van der Waals surface area contributed by atoms with Gasteiger partial charge < -0.3 is 20.5 Å². The molecular weight excluding hydrogens is 316 g/mol. The molecule has 0 aliphatic carbocycles. The van der Waals surface area contributed by atoms with Crippen LogP contribution in [-0.2, 0) is 0 Å². The lowest BCUT2D eigenvalue weighted by molar-refractivity contribution is 0.201. The van der Waals surface area contributed by atoms with Crippen molar-refractivity contribution in [2.75, 3.05) is 23.8 Å². The molecule has 6 nitrogen and oxygen atoms in total. The van der Waals surface area contributed by atoms with Crippen molar-refractivity contribution < 1.29 is 9.84 Å². The summed E-state index contributed by atoms with van der Waals surface area (Å²) >= 11 is 0. The molecule has 0 atom stereocenters. The van der Waals surface area contributed by atoms with Gasteiger partial charge in [0.15, 0.2) is 0 Å². The molecule has 0 aliphatic rings. The van der Waals surface area contributed by atoms with Crippen molar-refractivity contribution in [3.05, 3.63) is 66.5 Å². The summed E-state index contributed by atoms with van der Waals surface area (Å²) in [5, 5.41) is 15.3. The van der Waals surface area contributed by atoms with Gasteiger partial charge >= 0.3 is 0 Å². The second-order valence-corrected chi connectivity index (χ2v) is 5.50. The first-order valence-electron chi connectivity index (χ1n) is 7.99. The number of aliphatic hydroxyl groups excluding tert-OH is 1. The van der Waals surface area contributed by atoms with Gasteiger partial charge in [-0.15, -0.1) is 0 Å². The van der Waals surface area contributed by atoms with Gasteiger partial charge in [0, 0.05) is 17.4 Å². The van der Waals surface area contributed by atoms with E-state index in [1.54, 1.807) is 0 Å². The summed E-state index contributed by atoms with van der Waals surface area (Å²) < 4.78 is 5.34. The van der Waals surface area contributed by atoms with E-state index in [1.165, 1.54) is 11.9 Å². The summed E-state index contributed by atoms with van der Waals surface area (Å²) in [5.41, 5.74) is 3.05. The molecule has 3 rings (SSSR count). The lowest BCUT2D eigenvalue weighted by Crippen LogP contribution is -2.01. The smallest absolute Gasteiger partial charge is 0.135 e. The van der Waals surface area contributed by atoms with Crippen LogP contribution in [0.3, 0.4) is 0 Å². The Bertz CT molecular complexity index is 822. The van der Waals surface area contributed by atoms with Crippen LogP contribution < -0.4 is 15.4 Å². The number of nitrogens with one attached hydrogen (secondary N) is 2. The molecule has 0 fully saturated rings. The Morgan fingerprint density at radius 2 is 1.64 bits per heavy atom. The second kappa shape index (κ2) is 8.12. The van der Waals surface area contributed by atoms with Gasteiger partial charge in [0.1, 0.15) is 30.3 Å². The summed E-state index contributed by atoms with van der Waals surface area (Å²) in [7, 11) is 0. The first-order valence-corrected chi connectivity index (χ1v) is 7.99. The lowest BCUT2D eigenvalue weighted by atomic mass is 10.2. The predicted octanol–water partition coefficient (Wildman–Crippen LogP) is 3.64. The highest BCUT2D eigenvalue weighted by Crippen LogP contribution is 2.21. The van der Waals surface area contributed by atoms with Crippen LogP contribution in [0.5, 0.6) is 5.75 Å². The Morgan fingerprint density at radius 3 is 2.32 bits per heavy atom. The maximum Gasteiger partial charge on any atom is 0.135 e. The minimum Gasteiger partial charge on any atom is -0.491 e. The first kappa shape index (κ1) is 16.7. The Balaban J connectivity index is 1.67. The Labute approximate surface area is 146 Å². The first-order chi connectivity index (χ1) is 12.2. The highest BCUT2D eigenvalue weighted by molar-refractivity contribution is 5.63. The zero-order valence-electron chi connectivity index (χ0n) is 13.9. The average molecular weight is 336 g/mol. The van der Waals surface area contributed by atoms with Crippen molar-refractivity contribution in [1.82, 2.24) is 9.97 Å². The fraction of sp³-hybridized carbons (Fsp3) is 0.158. The van der Waals surface area contributed by atoms with Gasteiger partial charge in [-0.1, -0.05) is 12.1 Å². The average Bonchev–Trinajstić information content (AvgIpc) is 2.61. The number of aromatic nitrogens is 2. The minimum absolute atomic E-state index is 0.00233. The number of ether oxygens (including phenoxy) is 1. The Kier molecular flexibility index (Phi) is 5.43. The molecule has 0 amide bonds. The number of anilines is 4. The third-order valence-electron chi connectivity index (χ3n) is 3.44. The number of aryl methyl sites for hydroxylation is 1. The monoisotopic (exact) mass is 336 g/mol. The van der Waals surface area contributed by atoms with Crippen LogP contribution in [0.4, 0.5) is 23.0 Å². The molecule has 3 aromatic rings. The molecule has 1 heterocycles. The third kappa shape index (κ3) is 4.92. The molecule has 0 saturated carbocycles. The summed E-state index contributed by atoms with van der Waals surface area (Å²) in [6, 6.07) is 17.4. The van der Waals surface area contributed by atoms with Crippen molar-refractivity contribution in [3.8, 4) is 5.75 Å². The molecule has 0 radical (unpaired) electrons. The van der Waals surface area contributed by atoms with Crippen LogP contribution in [0.15, 0.2) is 60.9 Å². The van der Waals surface area contributed by atoms with Crippen molar-refractivity contribution in [2.45, 2.75) is 6.92 Å². The molecule has 25 heavy (non-hydrogen) atoms. The van der Waals surface area contributed by atoms with Gasteiger partial charge in [0.05, 0.1) is 6.61 Å². The van der Waals surface area contributed by atoms with Crippen LogP contribution in [0.25, 0.3) is 0 Å². The molecule has 1 aromatic heterocycles. The topological polar surface area (TPSA) is 79.3 Å². The summed E-state index contributed by atoms with van der Waals surface area (Å²) in [6.07, 6.45) is 1.51. The normalized spacial score (nSPS) is 10.3. The summed E-state index contributed by atoms with van der Waals surface area (Å²) in [4.78, 5) is 8.49. The third-order valence-corrected chi connectivity index (χ3v) is 3.44. The molecule has 6 heteroatoms. The fourth-order valence-electron chi connectivity index (χ4n) is 2.31. The molecule has 0 aliphatic heterocycles. The summed E-state index contributed by atoms with van der Waals surface area (Å²) in [6.45, 7) is 2.33. The molecule has 0 bridgehead atoms. The number of hydrogen-bond acceptors (Lipinski definition) is 6. The van der Waals surface area contributed by atoms with E-state index in [0.29, 0.717) is 17.4 Å². The highest BCUT2D eigenvalue weighted by Gasteiger charge is 2.02. The zero-order chi connectivity index (χ0) is 17.5. The highest BCUT2D eigenvalue weighted by atomic mass is 16.5. The van der Waals surface area contributed by atoms with E-state index in [1.807, 2.05) is 55.5 Å². The minimum atomic E-state index is -0.00233. The van der Waals surface area contributed by atoms with Gasteiger partial charge in [0.25, 0.3) is 0 Å². The van der Waals surface area contributed by atoms with Gasteiger partial charge in [-0.3, -0.25) is 0 Å². The maximum atomic E-state index is 8.77. The summed E-state index contributed by atoms with van der Waals surface area (Å²) in [5.74, 6) is 2.12. The maximum absolute atomic E-state index is 8.77. The Hall–Kier alpha value is -3.12. The van der Waals surface area contributed by atoms with Crippen molar-refractivity contribution >= 4 is 23.0 Å². The van der Waals surface area contributed by atoms with Crippen molar-refractivity contribution in [2.24, 2.45) is 0 Å². The molecular formula is C19H20N4O2. The van der Waals surface area contributed by atoms with Gasteiger partial charge in [0.2, 0.25) is 0 Å². The van der Waals surface area contributed by atoms with E-state index in [4.69, 9.17) is 9.84 Å². The van der Waals surface area contributed by atoms with Crippen LogP contribution in [-0.4, -0.2) is 28.3 Å². The van der Waals surface area contributed by atoms with Crippen molar-refractivity contribution in [1.29, 1.82) is 0 Å². The van der Waals surface area contributed by atoms with E-state index in [-0.39, 0.29) is 13.2 Å². The number of aliphatic hydroxyl groups is 1. The standard InChI is InChI=1S/C19H20N4O2/c1-14-3-2-4-16(11-14)23-19-12-18(20-13-21-19)22-15-5-7-17(8-6-15)25-10-9-24/h2-8,11-13,24H,9-10H2,1H3,(H2,20,21,22,23). The van der Waals surface area contributed by atoms with E-state index in [2.05, 4.69) is 26.7 Å². The SMILES string of the molecule is Cc1cccc(Nc2cc(Nc3ccc(OCCO)cc3)ncn2)c1. The number of hydrogen-bond donors (Lipinski definition) is 3. The fourth-order valence-corrected chi connectivity index (χ4v) is 2.31. The van der Waals surface area contributed by atoms with E-state index in [9.17, 15) is 0 Å². The van der Waals surface area contributed by atoms with Crippen molar-refractivity contribution in [3.63, 3.8) is 0 Å². The number of nitrogens with zero attached hydrogens (tertiary/aromatic N) is 2. The molecule has 0 unspecified atom stereocenters. The van der Waals surface area contributed by atoms with E-state index in [0.717, 1.165) is 11.4 Å². The second-order valence-electron chi connectivity index (χ2n) is 5.50. The predicted molar refractivity (Wildman–Crippen MR) is 98.8 cm³/mol. The quantitative estimate of drug-likeness (QED) is 0.611. The molecule has 2 aromatic carbocycles. The van der Waals surface area contributed by atoms with Crippen LogP contribution in [0.2, 0.25) is 0 Å². The van der Waals surface area contributed by atoms with Crippen LogP contribution in [0, 0.1) is 6.92 Å². The van der Waals surface area contributed by atoms with E-state index < -0.39 is 0 Å².